The second-order valence-electron chi connectivity index (χ2n) is 8.43. The maximum Gasteiger partial charge on any atom is 0.254 e. The molecule has 0 aliphatic carbocycles. The topological polar surface area (TPSA) is 67.2 Å². The number of nitrogens with one attached hydrogen (secondary N) is 1. The molecule has 0 bridgehead atoms. The van der Waals surface area contributed by atoms with Crippen molar-refractivity contribution in [1.82, 2.24) is 19.8 Å². The zero-order valence-corrected chi connectivity index (χ0v) is 19.1. The third kappa shape index (κ3) is 5.33. The van der Waals surface area contributed by atoms with Crippen molar-refractivity contribution in [2.24, 2.45) is 0 Å². The predicted molar refractivity (Wildman–Crippen MR) is 124 cm³/mol. The Hall–Kier alpha value is -3.22. The van der Waals surface area contributed by atoms with Crippen LogP contribution in [0.2, 0.25) is 0 Å². The normalized spacial score (nSPS) is 11.3. The summed E-state index contributed by atoms with van der Waals surface area (Å²) in [6.45, 7) is 8.67. The number of hydrogen-bond acceptors (Lipinski definition) is 3. The number of carbonyl (C=O) groups is 2. The summed E-state index contributed by atoms with van der Waals surface area (Å²) in [6, 6.07) is 13.9. The molecule has 0 aliphatic heterocycles. The van der Waals surface area contributed by atoms with E-state index >= 15 is 0 Å². The van der Waals surface area contributed by atoms with Crippen LogP contribution in [0.1, 0.15) is 50.3 Å². The van der Waals surface area contributed by atoms with Crippen LogP contribution >= 0.6 is 0 Å². The Balaban J connectivity index is 1.71. The van der Waals surface area contributed by atoms with Crippen LogP contribution in [-0.4, -0.2) is 44.9 Å². The van der Waals surface area contributed by atoms with Crippen LogP contribution < -0.4 is 5.32 Å². The second-order valence-corrected chi connectivity index (χ2v) is 8.43. The van der Waals surface area contributed by atoms with Gasteiger partial charge in [-0.1, -0.05) is 24.3 Å². The maximum atomic E-state index is 13.8. The van der Waals surface area contributed by atoms with E-state index in [-0.39, 0.29) is 30.1 Å². The summed E-state index contributed by atoms with van der Waals surface area (Å²) in [6.07, 6.45) is 1.21. The molecule has 0 atom stereocenters. The van der Waals surface area contributed by atoms with Gasteiger partial charge in [0, 0.05) is 25.0 Å². The number of fused-ring (bicyclic) bond motifs is 1. The summed E-state index contributed by atoms with van der Waals surface area (Å²) >= 11 is 0. The lowest BCUT2D eigenvalue weighted by atomic mass is 10.2. The van der Waals surface area contributed by atoms with Crippen LogP contribution in [0.25, 0.3) is 11.0 Å². The summed E-state index contributed by atoms with van der Waals surface area (Å²) < 4.78 is 15.7. The van der Waals surface area contributed by atoms with Crippen molar-refractivity contribution in [3.05, 3.63) is 65.7 Å². The molecule has 2 amide bonds. The molecule has 0 aliphatic rings. The van der Waals surface area contributed by atoms with E-state index in [2.05, 4.69) is 5.32 Å². The highest BCUT2D eigenvalue weighted by Gasteiger charge is 2.22. The monoisotopic (exact) mass is 438 g/mol. The Bertz CT molecular complexity index is 1080. The summed E-state index contributed by atoms with van der Waals surface area (Å²) in [4.78, 5) is 31.9. The van der Waals surface area contributed by atoms with Gasteiger partial charge in [0.1, 0.15) is 18.2 Å². The molecular weight excluding hydrogens is 407 g/mol. The Morgan fingerprint density at radius 2 is 1.69 bits per heavy atom. The molecule has 7 heteroatoms. The molecule has 2 aromatic carbocycles. The Morgan fingerprint density at radius 1 is 1.03 bits per heavy atom. The van der Waals surface area contributed by atoms with Gasteiger partial charge in [0.2, 0.25) is 5.91 Å². The average Bonchev–Trinajstić information content (AvgIpc) is 3.08. The molecule has 1 heterocycles. The number of rotatable bonds is 9. The fraction of sp³-hybridized carbons (Fsp3) is 0.400. The molecule has 1 N–H and O–H groups in total. The van der Waals surface area contributed by atoms with Crippen molar-refractivity contribution in [2.75, 3.05) is 6.54 Å². The zero-order chi connectivity index (χ0) is 23.3. The highest BCUT2D eigenvalue weighted by molar-refractivity contribution is 5.94. The van der Waals surface area contributed by atoms with E-state index < -0.39 is 11.7 Å². The van der Waals surface area contributed by atoms with Crippen molar-refractivity contribution < 1.29 is 14.0 Å². The Labute approximate surface area is 188 Å². The van der Waals surface area contributed by atoms with Crippen LogP contribution in [0.15, 0.2) is 48.5 Å². The van der Waals surface area contributed by atoms with Gasteiger partial charge in [-0.05, 0) is 58.4 Å². The maximum absolute atomic E-state index is 13.8. The number of para-hydroxylation sites is 2. The molecule has 3 aromatic rings. The number of halogens is 1. The molecule has 0 fully saturated rings. The first kappa shape index (κ1) is 23.4. The summed E-state index contributed by atoms with van der Waals surface area (Å²) in [5.74, 6) is -0.124. The SMILES string of the molecule is CC(C)N(C(=O)Cn1c(CCCNC(=O)c2ccccc2F)nc2ccccc21)C(C)C. The van der Waals surface area contributed by atoms with Crippen LogP contribution in [0.3, 0.4) is 0 Å². The standard InChI is InChI=1S/C25H31FN4O2/c1-17(2)30(18(3)4)24(31)16-29-22-13-8-7-12-21(22)28-23(29)14-9-15-27-25(32)19-10-5-6-11-20(19)26/h5-8,10-13,17-18H,9,14-16H2,1-4H3,(H,27,32). The molecule has 0 radical (unpaired) electrons. The first-order valence-electron chi connectivity index (χ1n) is 11.1. The van der Waals surface area contributed by atoms with Crippen LogP contribution in [-0.2, 0) is 17.8 Å². The highest BCUT2D eigenvalue weighted by atomic mass is 19.1. The number of amides is 2. The number of imidazole rings is 1. The minimum atomic E-state index is -0.537. The summed E-state index contributed by atoms with van der Waals surface area (Å²) in [5, 5.41) is 2.76. The van der Waals surface area contributed by atoms with Crippen LogP contribution in [0, 0.1) is 5.82 Å². The minimum Gasteiger partial charge on any atom is -0.352 e. The van der Waals surface area contributed by atoms with Gasteiger partial charge in [0.25, 0.3) is 5.91 Å². The number of aryl methyl sites for hydroxylation is 1. The lowest BCUT2D eigenvalue weighted by Gasteiger charge is -2.31. The molecule has 0 unspecified atom stereocenters. The van der Waals surface area contributed by atoms with E-state index in [1.807, 2.05) is 61.4 Å². The third-order valence-corrected chi connectivity index (χ3v) is 5.41. The highest BCUT2D eigenvalue weighted by Crippen LogP contribution is 2.18. The van der Waals surface area contributed by atoms with Crippen LogP contribution in [0.5, 0.6) is 0 Å². The Kier molecular flexibility index (Phi) is 7.62. The first-order valence-corrected chi connectivity index (χ1v) is 11.1. The van der Waals surface area contributed by atoms with Gasteiger partial charge in [0.15, 0.2) is 0 Å². The van der Waals surface area contributed by atoms with E-state index in [1.165, 1.54) is 12.1 Å². The largest absolute Gasteiger partial charge is 0.352 e. The lowest BCUT2D eigenvalue weighted by molar-refractivity contribution is -0.135. The van der Waals surface area contributed by atoms with Gasteiger partial charge in [-0.3, -0.25) is 9.59 Å². The molecule has 0 spiro atoms. The Morgan fingerprint density at radius 3 is 2.38 bits per heavy atom. The van der Waals surface area contributed by atoms with E-state index in [0.29, 0.717) is 19.4 Å². The van der Waals surface area contributed by atoms with E-state index in [1.54, 1.807) is 12.1 Å². The molecule has 32 heavy (non-hydrogen) atoms. The number of hydrogen-bond donors (Lipinski definition) is 1. The lowest BCUT2D eigenvalue weighted by Crippen LogP contribution is -2.43. The number of aromatic nitrogens is 2. The molecule has 0 saturated carbocycles. The number of benzene rings is 2. The van der Waals surface area contributed by atoms with Gasteiger partial charge < -0.3 is 14.8 Å². The predicted octanol–water partition coefficient (Wildman–Crippen LogP) is 4.18. The van der Waals surface area contributed by atoms with E-state index in [9.17, 15) is 14.0 Å². The van der Waals surface area contributed by atoms with Gasteiger partial charge >= 0.3 is 0 Å². The molecule has 3 rings (SSSR count). The zero-order valence-electron chi connectivity index (χ0n) is 19.1. The second kappa shape index (κ2) is 10.4. The van der Waals surface area contributed by atoms with E-state index in [4.69, 9.17) is 4.98 Å². The van der Waals surface area contributed by atoms with Gasteiger partial charge in [-0.2, -0.15) is 0 Å². The number of carbonyl (C=O) groups excluding carboxylic acids is 2. The molecule has 1 aromatic heterocycles. The van der Waals surface area contributed by atoms with Crippen molar-refractivity contribution >= 4 is 22.8 Å². The fourth-order valence-electron chi connectivity index (χ4n) is 4.07. The first-order chi connectivity index (χ1) is 15.3. The fourth-order valence-corrected chi connectivity index (χ4v) is 4.07. The van der Waals surface area contributed by atoms with Crippen molar-refractivity contribution in [2.45, 2.75) is 59.2 Å². The van der Waals surface area contributed by atoms with Crippen molar-refractivity contribution in [3.8, 4) is 0 Å². The third-order valence-electron chi connectivity index (χ3n) is 5.41. The minimum absolute atomic E-state index is 0.0350. The van der Waals surface area contributed by atoms with Crippen molar-refractivity contribution in [1.29, 1.82) is 0 Å². The smallest absolute Gasteiger partial charge is 0.254 e. The van der Waals surface area contributed by atoms with Gasteiger partial charge in [-0.15, -0.1) is 0 Å². The quantitative estimate of drug-likeness (QED) is 0.510. The number of nitrogens with zero attached hydrogens (tertiary/aromatic N) is 3. The molecule has 6 nitrogen and oxygen atoms in total. The molecule has 0 saturated heterocycles. The average molecular weight is 439 g/mol. The van der Waals surface area contributed by atoms with Gasteiger partial charge in [-0.25, -0.2) is 9.37 Å². The molecular formula is C25H31FN4O2. The van der Waals surface area contributed by atoms with Crippen molar-refractivity contribution in [3.63, 3.8) is 0 Å². The molecule has 170 valence electrons. The van der Waals surface area contributed by atoms with E-state index in [0.717, 1.165) is 16.9 Å². The summed E-state index contributed by atoms with van der Waals surface area (Å²) in [7, 11) is 0. The van der Waals surface area contributed by atoms with Crippen LogP contribution in [0.4, 0.5) is 4.39 Å². The summed E-state index contributed by atoms with van der Waals surface area (Å²) in [5.41, 5.74) is 1.79. The van der Waals surface area contributed by atoms with Gasteiger partial charge in [0.05, 0.1) is 16.6 Å².